The van der Waals surface area contributed by atoms with Gasteiger partial charge in [0.15, 0.2) is 0 Å². The summed E-state index contributed by atoms with van der Waals surface area (Å²) in [6, 6.07) is 11.2. The largest absolute Gasteiger partial charge is 0.462 e. The summed E-state index contributed by atoms with van der Waals surface area (Å²) in [7, 11) is 0. The first kappa shape index (κ1) is 20.3. The lowest BCUT2D eigenvalue weighted by atomic mass is 10.1. The molecule has 24 heavy (non-hydrogen) atoms. The number of esters is 1. The van der Waals surface area contributed by atoms with Gasteiger partial charge < -0.3 is 14.5 Å². The molecule has 0 saturated carbocycles. The number of carbonyl (C=O) groups excluding carboxylic acids is 1. The number of carbonyl (C=O) groups is 1. The third-order valence-corrected chi connectivity index (χ3v) is 3.60. The zero-order chi connectivity index (χ0) is 16.5. The topological polar surface area (TPSA) is 51.5 Å². The van der Waals surface area contributed by atoms with E-state index in [2.05, 4.69) is 12.2 Å². The Morgan fingerprint density at radius 2 is 1.83 bits per heavy atom. The molecule has 0 aliphatic carbocycles. The highest BCUT2D eigenvalue weighted by Gasteiger charge is 2.08. The third-order valence-electron chi connectivity index (χ3n) is 3.60. The molecule has 1 N–H and O–H groups in total. The van der Waals surface area contributed by atoms with Crippen molar-refractivity contribution in [2.24, 2.45) is 0 Å². The van der Waals surface area contributed by atoms with Crippen LogP contribution in [0.1, 0.15) is 49.2 Å². The molecule has 0 aliphatic heterocycles. The minimum absolute atomic E-state index is 0. The van der Waals surface area contributed by atoms with Crippen LogP contribution in [-0.2, 0) is 11.3 Å². The van der Waals surface area contributed by atoms with Gasteiger partial charge in [0.25, 0.3) is 0 Å². The fourth-order valence-electron chi connectivity index (χ4n) is 2.32. The molecule has 2 rings (SSSR count). The molecular weight excluding hydrogens is 326 g/mol. The molecule has 0 fully saturated rings. The number of ether oxygens (including phenoxy) is 1. The molecule has 0 atom stereocenters. The van der Waals surface area contributed by atoms with E-state index in [1.54, 1.807) is 19.1 Å². The molecule has 1 aromatic heterocycles. The van der Waals surface area contributed by atoms with Crippen LogP contribution in [0.25, 0.3) is 11.3 Å². The lowest BCUT2D eigenvalue weighted by Crippen LogP contribution is -2.13. The monoisotopic (exact) mass is 351 g/mol. The normalized spacial score (nSPS) is 10.2. The SMILES string of the molecule is CCCCCNCc1ccc(-c2ccc(C(=O)OCC)cc2)o1.Cl. The van der Waals surface area contributed by atoms with Gasteiger partial charge in [-0.15, -0.1) is 12.4 Å². The zero-order valence-corrected chi connectivity index (χ0v) is 15.2. The van der Waals surface area contributed by atoms with Crippen molar-refractivity contribution < 1.29 is 13.9 Å². The summed E-state index contributed by atoms with van der Waals surface area (Å²) in [5, 5.41) is 3.38. The highest BCUT2D eigenvalue weighted by Crippen LogP contribution is 2.22. The predicted molar refractivity (Wildman–Crippen MR) is 98.6 cm³/mol. The number of furan rings is 1. The molecule has 0 aliphatic rings. The Labute approximate surface area is 150 Å². The molecule has 0 bridgehead atoms. The molecule has 0 amide bonds. The summed E-state index contributed by atoms with van der Waals surface area (Å²) < 4.78 is 10.8. The summed E-state index contributed by atoms with van der Waals surface area (Å²) in [4.78, 5) is 11.6. The molecule has 132 valence electrons. The maximum Gasteiger partial charge on any atom is 0.338 e. The molecule has 0 unspecified atom stereocenters. The lowest BCUT2D eigenvalue weighted by Gasteiger charge is -2.03. The van der Waals surface area contributed by atoms with E-state index < -0.39 is 0 Å². The fourth-order valence-corrected chi connectivity index (χ4v) is 2.32. The Kier molecular flexibility index (Phi) is 9.20. The van der Waals surface area contributed by atoms with E-state index in [0.29, 0.717) is 12.2 Å². The number of halogens is 1. The van der Waals surface area contributed by atoms with E-state index in [1.165, 1.54) is 19.3 Å². The van der Waals surface area contributed by atoms with Crippen molar-refractivity contribution in [3.63, 3.8) is 0 Å². The van der Waals surface area contributed by atoms with Gasteiger partial charge >= 0.3 is 5.97 Å². The molecule has 0 spiro atoms. The fraction of sp³-hybridized carbons (Fsp3) is 0.421. The molecular formula is C19H26ClNO3. The van der Waals surface area contributed by atoms with Crippen LogP contribution in [0.2, 0.25) is 0 Å². The molecule has 0 saturated heterocycles. The van der Waals surface area contributed by atoms with Gasteiger partial charge in [-0.25, -0.2) is 4.79 Å². The standard InChI is InChI=1S/C19H25NO3.ClH/c1-3-5-6-13-20-14-17-11-12-18(23-17)15-7-9-16(10-8-15)19(21)22-4-2;/h7-12,20H,3-6,13-14H2,1-2H3;1H. The van der Waals surface area contributed by atoms with E-state index in [1.807, 2.05) is 24.3 Å². The second kappa shape index (κ2) is 10.9. The Balaban J connectivity index is 0.00000288. The van der Waals surface area contributed by atoms with Gasteiger partial charge in [0.05, 0.1) is 18.7 Å². The van der Waals surface area contributed by atoms with Crippen LogP contribution in [0.4, 0.5) is 0 Å². The van der Waals surface area contributed by atoms with E-state index >= 15 is 0 Å². The third kappa shape index (κ3) is 6.02. The van der Waals surface area contributed by atoms with Crippen LogP contribution in [0.3, 0.4) is 0 Å². The van der Waals surface area contributed by atoms with Crippen LogP contribution < -0.4 is 5.32 Å². The van der Waals surface area contributed by atoms with Gasteiger partial charge in [-0.05, 0) is 44.2 Å². The number of benzene rings is 1. The van der Waals surface area contributed by atoms with Crippen molar-refractivity contribution in [2.75, 3.05) is 13.2 Å². The van der Waals surface area contributed by atoms with E-state index in [-0.39, 0.29) is 18.4 Å². The van der Waals surface area contributed by atoms with Gasteiger partial charge in [0.1, 0.15) is 11.5 Å². The van der Waals surface area contributed by atoms with Crippen LogP contribution in [-0.4, -0.2) is 19.1 Å². The average molecular weight is 352 g/mol. The molecule has 0 radical (unpaired) electrons. The second-order valence-electron chi connectivity index (χ2n) is 5.45. The number of unbranched alkanes of at least 4 members (excludes halogenated alkanes) is 2. The summed E-state index contributed by atoms with van der Waals surface area (Å²) in [5.74, 6) is 1.44. The van der Waals surface area contributed by atoms with E-state index in [9.17, 15) is 4.79 Å². The highest BCUT2D eigenvalue weighted by molar-refractivity contribution is 5.89. The van der Waals surface area contributed by atoms with Gasteiger partial charge in [-0.2, -0.15) is 0 Å². The maximum atomic E-state index is 11.6. The number of nitrogens with one attached hydrogen (secondary N) is 1. The summed E-state index contributed by atoms with van der Waals surface area (Å²) in [5.41, 5.74) is 1.51. The van der Waals surface area contributed by atoms with Crippen LogP contribution in [0, 0.1) is 0 Å². The average Bonchev–Trinajstić information content (AvgIpc) is 3.04. The van der Waals surface area contributed by atoms with Gasteiger partial charge in [0.2, 0.25) is 0 Å². The molecule has 1 heterocycles. The predicted octanol–water partition coefficient (Wildman–Crippen LogP) is 4.82. The highest BCUT2D eigenvalue weighted by atomic mass is 35.5. The molecule has 1 aromatic carbocycles. The van der Waals surface area contributed by atoms with E-state index in [4.69, 9.17) is 9.15 Å². The minimum Gasteiger partial charge on any atom is -0.462 e. The summed E-state index contributed by atoms with van der Waals surface area (Å²) in [6.45, 7) is 6.13. The minimum atomic E-state index is -0.296. The van der Waals surface area contributed by atoms with Crippen molar-refractivity contribution in [1.82, 2.24) is 5.32 Å². The van der Waals surface area contributed by atoms with Crippen molar-refractivity contribution in [2.45, 2.75) is 39.7 Å². The van der Waals surface area contributed by atoms with Crippen molar-refractivity contribution in [3.8, 4) is 11.3 Å². The Morgan fingerprint density at radius 1 is 1.08 bits per heavy atom. The quantitative estimate of drug-likeness (QED) is 0.519. The van der Waals surface area contributed by atoms with Gasteiger partial charge in [-0.3, -0.25) is 0 Å². The Morgan fingerprint density at radius 3 is 2.50 bits per heavy atom. The van der Waals surface area contributed by atoms with Gasteiger partial charge in [-0.1, -0.05) is 31.9 Å². The van der Waals surface area contributed by atoms with Crippen molar-refractivity contribution >= 4 is 18.4 Å². The number of rotatable bonds is 9. The number of hydrogen-bond donors (Lipinski definition) is 1. The van der Waals surface area contributed by atoms with Gasteiger partial charge in [0, 0.05) is 5.56 Å². The second-order valence-corrected chi connectivity index (χ2v) is 5.45. The van der Waals surface area contributed by atoms with E-state index in [0.717, 1.165) is 30.2 Å². The zero-order valence-electron chi connectivity index (χ0n) is 14.3. The molecule has 4 nitrogen and oxygen atoms in total. The Bertz CT molecular complexity index is 607. The number of hydrogen-bond acceptors (Lipinski definition) is 4. The smallest absolute Gasteiger partial charge is 0.338 e. The van der Waals surface area contributed by atoms with Crippen molar-refractivity contribution in [3.05, 3.63) is 47.7 Å². The first-order valence-corrected chi connectivity index (χ1v) is 8.31. The first-order valence-electron chi connectivity index (χ1n) is 8.31. The molecule has 5 heteroatoms. The molecule has 2 aromatic rings. The maximum absolute atomic E-state index is 11.6. The van der Waals surface area contributed by atoms with Crippen molar-refractivity contribution in [1.29, 1.82) is 0 Å². The summed E-state index contributed by atoms with van der Waals surface area (Å²) in [6.07, 6.45) is 3.68. The Hall–Kier alpha value is -1.78. The van der Waals surface area contributed by atoms with Crippen LogP contribution in [0.5, 0.6) is 0 Å². The first-order chi connectivity index (χ1) is 11.2. The lowest BCUT2D eigenvalue weighted by molar-refractivity contribution is 0.0526. The van der Waals surface area contributed by atoms with Crippen LogP contribution in [0.15, 0.2) is 40.8 Å². The van der Waals surface area contributed by atoms with Crippen LogP contribution >= 0.6 is 12.4 Å². The summed E-state index contributed by atoms with van der Waals surface area (Å²) >= 11 is 0.